The van der Waals surface area contributed by atoms with E-state index in [1.807, 2.05) is 6.92 Å². The summed E-state index contributed by atoms with van der Waals surface area (Å²) in [6.45, 7) is 6.16. The van der Waals surface area contributed by atoms with E-state index < -0.39 is 23.3 Å². The molecule has 5 nitrogen and oxygen atoms in total. The highest BCUT2D eigenvalue weighted by atomic mass is 16.5. The first kappa shape index (κ1) is 14.0. The highest BCUT2D eigenvalue weighted by molar-refractivity contribution is 5.78. The van der Waals surface area contributed by atoms with Crippen molar-refractivity contribution in [2.24, 2.45) is 11.3 Å². The number of carboxylic acid groups (broad SMARTS) is 1. The fraction of sp³-hybridized carbons (Fsp3) is 0.800. The van der Waals surface area contributed by atoms with Crippen LogP contribution in [0, 0.1) is 11.3 Å². The molecule has 0 amide bonds. The third-order valence-electron chi connectivity index (χ3n) is 5.94. The molecule has 3 fully saturated rings. The number of ether oxygens (including phenoxy) is 1. The molecule has 0 aromatic rings. The summed E-state index contributed by atoms with van der Waals surface area (Å²) >= 11 is 0. The van der Waals surface area contributed by atoms with Crippen molar-refractivity contribution in [3.05, 3.63) is 12.2 Å². The molecule has 5 atom stereocenters. The van der Waals surface area contributed by atoms with Crippen molar-refractivity contribution in [3.8, 4) is 0 Å². The van der Waals surface area contributed by atoms with E-state index >= 15 is 0 Å². The monoisotopic (exact) mass is 282 g/mol. The predicted molar refractivity (Wildman–Crippen MR) is 71.1 cm³/mol. The smallest absolute Gasteiger partial charge is 0.338 e. The molecular weight excluding hydrogens is 260 g/mol. The van der Waals surface area contributed by atoms with Crippen LogP contribution in [0.3, 0.4) is 0 Å². The highest BCUT2D eigenvalue weighted by Crippen LogP contribution is 2.61. The van der Waals surface area contributed by atoms with Gasteiger partial charge in [0.15, 0.2) is 5.60 Å². The number of rotatable bonds is 2. The van der Waals surface area contributed by atoms with Crippen molar-refractivity contribution in [2.75, 3.05) is 6.61 Å². The number of carbonyl (C=O) groups is 1. The van der Waals surface area contributed by atoms with Gasteiger partial charge in [0.05, 0.1) is 18.3 Å². The molecule has 0 aromatic heterocycles. The molecule has 2 bridgehead atoms. The molecule has 0 aromatic carbocycles. The minimum absolute atomic E-state index is 0.0779. The van der Waals surface area contributed by atoms with Crippen LogP contribution in [0.15, 0.2) is 12.2 Å². The number of fused-ring (bicyclic) bond motifs is 1. The van der Waals surface area contributed by atoms with Gasteiger partial charge in [-0.05, 0) is 50.5 Å². The first-order chi connectivity index (χ1) is 9.25. The summed E-state index contributed by atoms with van der Waals surface area (Å²) in [6.07, 6.45) is 1.90. The van der Waals surface area contributed by atoms with Gasteiger partial charge in [-0.15, -0.1) is 0 Å². The molecule has 5 heteroatoms. The summed E-state index contributed by atoms with van der Waals surface area (Å²) in [7, 11) is 0. The lowest BCUT2D eigenvalue weighted by Crippen LogP contribution is -2.49. The minimum atomic E-state index is -1.83. The number of hydrogen-bond acceptors (Lipinski definition) is 4. The van der Waals surface area contributed by atoms with Crippen LogP contribution in [-0.2, 0) is 9.53 Å². The maximum Gasteiger partial charge on any atom is 0.338 e. The van der Waals surface area contributed by atoms with E-state index in [-0.39, 0.29) is 17.8 Å². The molecule has 1 saturated heterocycles. The van der Waals surface area contributed by atoms with Crippen molar-refractivity contribution >= 4 is 5.97 Å². The zero-order chi connectivity index (χ0) is 14.8. The van der Waals surface area contributed by atoms with Gasteiger partial charge in [0.1, 0.15) is 0 Å². The maximum absolute atomic E-state index is 11.4. The first-order valence-corrected chi connectivity index (χ1v) is 7.20. The Labute approximate surface area is 118 Å². The molecule has 3 rings (SSSR count). The average Bonchev–Trinajstić information content (AvgIpc) is 2.88. The Morgan fingerprint density at radius 1 is 1.25 bits per heavy atom. The number of aliphatic carboxylic acids is 1. The Morgan fingerprint density at radius 3 is 2.55 bits per heavy atom. The molecule has 1 heterocycles. The number of aliphatic hydroxyl groups is 2. The lowest BCUT2D eigenvalue weighted by Gasteiger charge is -2.38. The van der Waals surface area contributed by atoms with E-state index in [9.17, 15) is 20.1 Å². The van der Waals surface area contributed by atoms with Gasteiger partial charge in [-0.1, -0.05) is 6.58 Å². The second kappa shape index (κ2) is 4.06. The Balaban J connectivity index is 2.00. The van der Waals surface area contributed by atoms with Crippen LogP contribution >= 0.6 is 0 Å². The van der Waals surface area contributed by atoms with E-state index in [1.165, 1.54) is 0 Å². The predicted octanol–water partition coefficient (Wildman–Crippen LogP) is 1.09. The fourth-order valence-electron chi connectivity index (χ4n) is 4.60. The molecule has 112 valence electrons. The van der Waals surface area contributed by atoms with Crippen LogP contribution in [0.2, 0.25) is 0 Å². The number of carboxylic acids is 1. The maximum atomic E-state index is 11.4. The van der Waals surface area contributed by atoms with E-state index in [1.54, 1.807) is 0 Å². The third-order valence-corrected chi connectivity index (χ3v) is 5.94. The van der Waals surface area contributed by atoms with E-state index in [2.05, 4.69) is 6.58 Å². The lowest BCUT2D eigenvalue weighted by molar-refractivity contribution is -0.175. The van der Waals surface area contributed by atoms with Crippen molar-refractivity contribution in [3.63, 3.8) is 0 Å². The first-order valence-electron chi connectivity index (χ1n) is 7.20. The number of hydrogen-bond donors (Lipinski definition) is 3. The van der Waals surface area contributed by atoms with Gasteiger partial charge in [0.2, 0.25) is 0 Å². The van der Waals surface area contributed by atoms with Crippen LogP contribution < -0.4 is 0 Å². The van der Waals surface area contributed by atoms with Crippen LogP contribution in [-0.4, -0.2) is 45.2 Å². The standard InChI is InChI=1S/C15H22O5/c1-9(2)14(18)6-5-13-7-11(20-8-13)15(19,12(16)17)4-3-10(13)14/h10-11,18-19H,1,3-8H2,2H3,(H,16,17). The summed E-state index contributed by atoms with van der Waals surface area (Å²) in [4.78, 5) is 11.4. The minimum Gasteiger partial charge on any atom is -0.479 e. The second-order valence-electron chi connectivity index (χ2n) is 6.89. The van der Waals surface area contributed by atoms with E-state index in [4.69, 9.17) is 4.74 Å². The second-order valence-corrected chi connectivity index (χ2v) is 6.89. The Morgan fingerprint density at radius 2 is 1.95 bits per heavy atom. The molecule has 3 aliphatic rings. The molecule has 5 unspecified atom stereocenters. The average molecular weight is 282 g/mol. The molecular formula is C15H22O5. The quantitative estimate of drug-likeness (QED) is 0.660. The van der Waals surface area contributed by atoms with Gasteiger partial charge >= 0.3 is 5.97 Å². The SMILES string of the molecule is C=C(C)C1(O)CCC23COC(C2)C(O)(C(=O)O)CCC31. The molecule has 2 saturated carbocycles. The van der Waals surface area contributed by atoms with Crippen molar-refractivity contribution in [1.82, 2.24) is 0 Å². The van der Waals surface area contributed by atoms with Gasteiger partial charge in [0, 0.05) is 5.41 Å². The van der Waals surface area contributed by atoms with Crippen LogP contribution in [0.5, 0.6) is 0 Å². The van der Waals surface area contributed by atoms with Gasteiger partial charge in [-0.2, -0.15) is 0 Å². The molecule has 20 heavy (non-hydrogen) atoms. The Kier molecular flexibility index (Phi) is 2.85. The summed E-state index contributed by atoms with van der Waals surface area (Å²) in [5.74, 6) is -1.30. The largest absolute Gasteiger partial charge is 0.479 e. The fourth-order valence-corrected chi connectivity index (χ4v) is 4.60. The topological polar surface area (TPSA) is 87.0 Å². The van der Waals surface area contributed by atoms with Crippen molar-refractivity contribution in [1.29, 1.82) is 0 Å². The zero-order valence-electron chi connectivity index (χ0n) is 11.8. The van der Waals surface area contributed by atoms with Gasteiger partial charge in [0.25, 0.3) is 0 Å². The molecule has 1 aliphatic heterocycles. The molecule has 2 aliphatic carbocycles. The van der Waals surface area contributed by atoms with Crippen LogP contribution in [0.1, 0.15) is 39.0 Å². The van der Waals surface area contributed by atoms with Gasteiger partial charge < -0.3 is 20.1 Å². The summed E-state index contributed by atoms with van der Waals surface area (Å²) < 4.78 is 5.64. The van der Waals surface area contributed by atoms with Crippen molar-refractivity contribution < 1.29 is 24.9 Å². The van der Waals surface area contributed by atoms with E-state index in [0.717, 1.165) is 12.0 Å². The van der Waals surface area contributed by atoms with Crippen molar-refractivity contribution in [2.45, 2.75) is 56.3 Å². The lowest BCUT2D eigenvalue weighted by atomic mass is 9.70. The highest BCUT2D eigenvalue weighted by Gasteiger charge is 2.65. The van der Waals surface area contributed by atoms with Crippen LogP contribution in [0.4, 0.5) is 0 Å². The normalized spacial score (nSPS) is 50.5. The summed E-state index contributed by atoms with van der Waals surface area (Å²) in [6, 6.07) is 0. The molecule has 1 spiro atoms. The Bertz CT molecular complexity index is 475. The summed E-state index contributed by atoms with van der Waals surface area (Å²) in [5, 5.41) is 30.7. The molecule has 3 N–H and O–H groups in total. The third kappa shape index (κ3) is 1.57. The van der Waals surface area contributed by atoms with Crippen LogP contribution in [0.25, 0.3) is 0 Å². The Hall–Kier alpha value is -0.910. The van der Waals surface area contributed by atoms with Gasteiger partial charge in [-0.3, -0.25) is 0 Å². The molecule has 0 radical (unpaired) electrons. The van der Waals surface area contributed by atoms with Gasteiger partial charge in [-0.25, -0.2) is 4.79 Å². The zero-order valence-corrected chi connectivity index (χ0v) is 11.8. The summed E-state index contributed by atoms with van der Waals surface area (Å²) in [5.41, 5.74) is -2.27. The van der Waals surface area contributed by atoms with E-state index in [0.29, 0.717) is 25.9 Å².